The van der Waals surface area contributed by atoms with Crippen LogP contribution in [0.1, 0.15) is 0 Å². The lowest BCUT2D eigenvalue weighted by atomic mass is 10.5. The van der Waals surface area contributed by atoms with Crippen molar-refractivity contribution in [2.24, 2.45) is 0 Å². The average molecular weight is 235 g/mol. The Bertz CT molecular complexity index is 392. The first-order valence-electron chi connectivity index (χ1n) is 4.97. The minimum Gasteiger partial charge on any atom is -0.461 e. The lowest BCUT2D eigenvalue weighted by molar-refractivity contribution is -0.137. The number of anilines is 1. The number of esters is 1. The molecule has 0 saturated carbocycles. The normalized spacial score (nSPS) is 9.18. The number of nitrogens with one attached hydrogen (secondary N) is 2. The van der Waals surface area contributed by atoms with Gasteiger partial charge >= 0.3 is 12.0 Å². The minimum absolute atomic E-state index is 0.0977. The number of carbonyl (C=O) groups is 2. The van der Waals surface area contributed by atoms with Crippen LogP contribution < -0.4 is 10.6 Å². The third-order valence-corrected chi connectivity index (χ3v) is 1.71. The van der Waals surface area contributed by atoms with E-state index in [-0.39, 0.29) is 13.2 Å². The number of hydrogen-bond donors (Lipinski definition) is 2. The molecule has 0 radical (unpaired) electrons. The summed E-state index contributed by atoms with van der Waals surface area (Å²) < 4.78 is 4.68. The van der Waals surface area contributed by atoms with E-state index in [1.807, 2.05) is 0 Å². The highest BCUT2D eigenvalue weighted by Crippen LogP contribution is 1.98. The quantitative estimate of drug-likeness (QED) is 0.452. The molecule has 0 aliphatic carbocycles. The summed E-state index contributed by atoms with van der Waals surface area (Å²) in [6.45, 7) is 3.57. The fourth-order valence-electron chi connectivity index (χ4n) is 0.972. The summed E-state index contributed by atoms with van der Waals surface area (Å²) >= 11 is 0. The summed E-state index contributed by atoms with van der Waals surface area (Å²) in [7, 11) is 0. The van der Waals surface area contributed by atoms with Crippen molar-refractivity contribution in [3.63, 3.8) is 0 Å². The van der Waals surface area contributed by atoms with E-state index in [1.54, 1.807) is 24.4 Å². The van der Waals surface area contributed by atoms with E-state index >= 15 is 0 Å². The highest BCUT2D eigenvalue weighted by atomic mass is 16.5. The summed E-state index contributed by atoms with van der Waals surface area (Å²) in [5.41, 5.74) is 0. The van der Waals surface area contributed by atoms with Crippen molar-refractivity contribution in [2.45, 2.75) is 0 Å². The second-order valence-corrected chi connectivity index (χ2v) is 2.97. The van der Waals surface area contributed by atoms with Crippen LogP contribution in [0.2, 0.25) is 0 Å². The van der Waals surface area contributed by atoms with Gasteiger partial charge in [-0.25, -0.2) is 14.6 Å². The summed E-state index contributed by atoms with van der Waals surface area (Å²) in [6.07, 6.45) is 2.63. The van der Waals surface area contributed by atoms with Crippen LogP contribution in [-0.4, -0.2) is 30.1 Å². The third-order valence-electron chi connectivity index (χ3n) is 1.71. The van der Waals surface area contributed by atoms with Crippen molar-refractivity contribution in [1.82, 2.24) is 10.3 Å². The van der Waals surface area contributed by atoms with Crippen molar-refractivity contribution in [3.8, 4) is 0 Å². The van der Waals surface area contributed by atoms with E-state index in [2.05, 4.69) is 26.9 Å². The van der Waals surface area contributed by atoms with Gasteiger partial charge in [0.05, 0.1) is 6.54 Å². The Hall–Kier alpha value is -2.37. The number of pyridine rings is 1. The fourth-order valence-corrected chi connectivity index (χ4v) is 0.972. The summed E-state index contributed by atoms with van der Waals surface area (Å²) in [4.78, 5) is 25.9. The van der Waals surface area contributed by atoms with Gasteiger partial charge < -0.3 is 10.1 Å². The van der Waals surface area contributed by atoms with Crippen LogP contribution >= 0.6 is 0 Å². The SMILES string of the molecule is C=CC(=O)OCCNC(=O)Nc1ccccn1. The number of aromatic nitrogens is 1. The zero-order valence-corrected chi connectivity index (χ0v) is 9.18. The molecule has 0 saturated heterocycles. The topological polar surface area (TPSA) is 80.3 Å². The molecule has 1 rings (SSSR count). The Morgan fingerprint density at radius 3 is 2.94 bits per heavy atom. The molecule has 90 valence electrons. The van der Waals surface area contributed by atoms with Crippen LogP contribution in [0.5, 0.6) is 0 Å². The smallest absolute Gasteiger partial charge is 0.330 e. The standard InChI is InChI=1S/C11H13N3O3/c1-2-10(15)17-8-7-13-11(16)14-9-5-3-4-6-12-9/h2-6H,1,7-8H2,(H2,12,13,14,16). The molecule has 1 aromatic rings. The molecular weight excluding hydrogens is 222 g/mol. The highest BCUT2D eigenvalue weighted by Gasteiger charge is 2.01. The monoisotopic (exact) mass is 235 g/mol. The largest absolute Gasteiger partial charge is 0.461 e. The van der Waals surface area contributed by atoms with E-state index in [4.69, 9.17) is 0 Å². The van der Waals surface area contributed by atoms with Gasteiger partial charge in [-0.1, -0.05) is 12.6 Å². The van der Waals surface area contributed by atoms with Gasteiger partial charge in [0.1, 0.15) is 12.4 Å². The maximum absolute atomic E-state index is 11.3. The van der Waals surface area contributed by atoms with Crippen molar-refractivity contribution in [1.29, 1.82) is 0 Å². The van der Waals surface area contributed by atoms with Crippen LogP contribution in [0.25, 0.3) is 0 Å². The molecule has 1 aromatic heterocycles. The lowest BCUT2D eigenvalue weighted by Gasteiger charge is -2.06. The van der Waals surface area contributed by atoms with Gasteiger partial charge in [0.25, 0.3) is 0 Å². The molecule has 0 aliphatic heterocycles. The number of hydrogen-bond acceptors (Lipinski definition) is 4. The van der Waals surface area contributed by atoms with Crippen molar-refractivity contribution in [2.75, 3.05) is 18.5 Å². The number of nitrogens with zero attached hydrogens (tertiary/aromatic N) is 1. The van der Waals surface area contributed by atoms with E-state index in [0.29, 0.717) is 5.82 Å². The highest BCUT2D eigenvalue weighted by molar-refractivity contribution is 5.88. The first-order valence-corrected chi connectivity index (χ1v) is 4.97. The molecule has 1 heterocycles. The van der Waals surface area contributed by atoms with Gasteiger partial charge in [-0.15, -0.1) is 0 Å². The number of carbonyl (C=O) groups excluding carboxylic acids is 2. The van der Waals surface area contributed by atoms with Crippen molar-refractivity contribution >= 4 is 17.8 Å². The number of rotatable bonds is 5. The number of ether oxygens (including phenoxy) is 1. The number of amides is 2. The molecule has 0 atom stereocenters. The van der Waals surface area contributed by atoms with Crippen LogP contribution in [0.15, 0.2) is 37.1 Å². The van der Waals surface area contributed by atoms with E-state index in [1.165, 1.54) is 0 Å². The molecular formula is C11H13N3O3. The van der Waals surface area contributed by atoms with Gasteiger partial charge in [-0.2, -0.15) is 0 Å². The molecule has 2 N–H and O–H groups in total. The molecule has 2 amide bonds. The predicted molar refractivity (Wildman–Crippen MR) is 62.4 cm³/mol. The molecule has 0 unspecified atom stereocenters. The van der Waals surface area contributed by atoms with E-state index < -0.39 is 12.0 Å². The molecule has 17 heavy (non-hydrogen) atoms. The molecule has 6 heteroatoms. The lowest BCUT2D eigenvalue weighted by Crippen LogP contribution is -2.32. The number of urea groups is 1. The van der Waals surface area contributed by atoms with E-state index in [0.717, 1.165) is 6.08 Å². The van der Waals surface area contributed by atoms with Crippen LogP contribution in [0, 0.1) is 0 Å². The Morgan fingerprint density at radius 1 is 1.47 bits per heavy atom. The third kappa shape index (κ3) is 5.31. The Labute approximate surface area is 98.7 Å². The van der Waals surface area contributed by atoms with Gasteiger partial charge in [0.15, 0.2) is 0 Å². The first kappa shape index (κ1) is 12.7. The molecule has 0 aromatic carbocycles. The Morgan fingerprint density at radius 2 is 2.29 bits per heavy atom. The second kappa shape index (κ2) is 7.00. The van der Waals surface area contributed by atoms with Gasteiger partial charge in [-0.05, 0) is 12.1 Å². The Kier molecular flexibility index (Phi) is 5.23. The zero-order chi connectivity index (χ0) is 12.5. The first-order chi connectivity index (χ1) is 8.22. The Balaban J connectivity index is 2.18. The van der Waals surface area contributed by atoms with Crippen molar-refractivity contribution < 1.29 is 14.3 Å². The van der Waals surface area contributed by atoms with Crippen LogP contribution in [0.4, 0.5) is 10.6 Å². The van der Waals surface area contributed by atoms with E-state index in [9.17, 15) is 9.59 Å². The van der Waals surface area contributed by atoms with Gasteiger partial charge in [0.2, 0.25) is 0 Å². The second-order valence-electron chi connectivity index (χ2n) is 2.97. The van der Waals surface area contributed by atoms with Gasteiger partial charge in [-0.3, -0.25) is 5.32 Å². The summed E-state index contributed by atoms with van der Waals surface area (Å²) in [6, 6.07) is 4.77. The minimum atomic E-state index is -0.517. The summed E-state index contributed by atoms with van der Waals surface area (Å²) in [5.74, 6) is -0.0648. The van der Waals surface area contributed by atoms with Crippen LogP contribution in [-0.2, 0) is 9.53 Å². The predicted octanol–water partition coefficient (Wildman–Crippen LogP) is 0.932. The fraction of sp³-hybridized carbons (Fsp3) is 0.182. The summed E-state index contributed by atoms with van der Waals surface area (Å²) in [5, 5.41) is 5.03. The average Bonchev–Trinajstić information content (AvgIpc) is 2.35. The zero-order valence-electron chi connectivity index (χ0n) is 9.18. The van der Waals surface area contributed by atoms with Crippen molar-refractivity contribution in [3.05, 3.63) is 37.1 Å². The molecule has 6 nitrogen and oxygen atoms in total. The molecule has 0 bridgehead atoms. The maximum atomic E-state index is 11.3. The molecule has 0 aliphatic rings. The molecule has 0 fully saturated rings. The van der Waals surface area contributed by atoms with Gasteiger partial charge in [0, 0.05) is 12.3 Å². The maximum Gasteiger partial charge on any atom is 0.330 e. The molecule has 0 spiro atoms. The van der Waals surface area contributed by atoms with Crippen LogP contribution in [0.3, 0.4) is 0 Å².